The Morgan fingerprint density at radius 1 is 1.33 bits per heavy atom. The van der Waals surface area contributed by atoms with E-state index in [9.17, 15) is 0 Å². The first kappa shape index (κ1) is 7.99. The molecule has 0 aliphatic carbocycles. The fourth-order valence-electron chi connectivity index (χ4n) is 1.69. The Kier molecular flexibility index (Phi) is 2.26. The maximum Gasteiger partial charge on any atom is 0.0501 e. The fourth-order valence-corrected chi connectivity index (χ4v) is 2.38. The van der Waals surface area contributed by atoms with Crippen LogP contribution < -0.4 is 4.31 Å². The Morgan fingerprint density at radius 2 is 2.17 bits per heavy atom. The molecule has 1 nitrogen and oxygen atoms in total. The zero-order valence-corrected chi connectivity index (χ0v) is 8.10. The van der Waals surface area contributed by atoms with Crippen molar-refractivity contribution in [1.29, 1.82) is 0 Å². The minimum absolute atomic E-state index is 1.19. The molecule has 0 aromatic heterocycles. The van der Waals surface area contributed by atoms with Gasteiger partial charge in [-0.25, -0.2) is 0 Å². The van der Waals surface area contributed by atoms with Crippen LogP contribution in [0.1, 0.15) is 12.0 Å². The van der Waals surface area contributed by atoms with Gasteiger partial charge in [-0.15, -0.1) is 0 Å². The SMILES string of the molecule is CSN1CCCc2ccccc21. The lowest BCUT2D eigenvalue weighted by atomic mass is 10.0. The number of rotatable bonds is 1. The lowest BCUT2D eigenvalue weighted by Crippen LogP contribution is -2.21. The highest BCUT2D eigenvalue weighted by Crippen LogP contribution is 2.30. The van der Waals surface area contributed by atoms with E-state index in [0.717, 1.165) is 0 Å². The van der Waals surface area contributed by atoms with Gasteiger partial charge in [0.15, 0.2) is 0 Å². The predicted molar refractivity (Wildman–Crippen MR) is 55.6 cm³/mol. The molecular weight excluding hydrogens is 166 g/mol. The topological polar surface area (TPSA) is 3.24 Å². The first-order chi connectivity index (χ1) is 5.92. The van der Waals surface area contributed by atoms with Crippen molar-refractivity contribution in [3.8, 4) is 0 Å². The second-order valence-electron chi connectivity index (χ2n) is 3.02. The third-order valence-corrected chi connectivity index (χ3v) is 3.11. The fraction of sp³-hybridized carbons (Fsp3) is 0.400. The average molecular weight is 179 g/mol. The molecule has 1 heterocycles. The van der Waals surface area contributed by atoms with E-state index in [0.29, 0.717) is 0 Å². The van der Waals surface area contributed by atoms with Gasteiger partial charge in [-0.2, -0.15) is 0 Å². The van der Waals surface area contributed by atoms with E-state index in [4.69, 9.17) is 0 Å². The lowest BCUT2D eigenvalue weighted by Gasteiger charge is -2.28. The van der Waals surface area contributed by atoms with Gasteiger partial charge >= 0.3 is 0 Å². The minimum atomic E-state index is 1.19. The third kappa shape index (κ3) is 1.31. The highest BCUT2D eigenvalue weighted by Gasteiger charge is 2.14. The number of hydrogen-bond donors (Lipinski definition) is 0. The summed E-state index contributed by atoms with van der Waals surface area (Å²) in [6.45, 7) is 1.19. The first-order valence-corrected chi connectivity index (χ1v) is 5.49. The summed E-state index contributed by atoms with van der Waals surface area (Å²) in [5, 5.41) is 0. The van der Waals surface area contributed by atoms with Gasteiger partial charge in [0.2, 0.25) is 0 Å². The van der Waals surface area contributed by atoms with Gasteiger partial charge in [-0.1, -0.05) is 30.1 Å². The van der Waals surface area contributed by atoms with E-state index >= 15 is 0 Å². The molecule has 2 rings (SSSR count). The van der Waals surface area contributed by atoms with Gasteiger partial charge in [0.05, 0.1) is 5.69 Å². The van der Waals surface area contributed by atoms with Crippen LogP contribution in [0.4, 0.5) is 5.69 Å². The van der Waals surface area contributed by atoms with E-state index < -0.39 is 0 Å². The molecule has 0 spiro atoms. The third-order valence-electron chi connectivity index (χ3n) is 2.29. The molecule has 1 aromatic rings. The number of anilines is 1. The number of para-hydroxylation sites is 1. The summed E-state index contributed by atoms with van der Waals surface area (Å²) in [6.07, 6.45) is 4.67. The summed E-state index contributed by atoms with van der Waals surface area (Å²) < 4.78 is 2.37. The van der Waals surface area contributed by atoms with Gasteiger partial charge in [-0.05, 0) is 24.5 Å². The Labute approximate surface area is 77.9 Å². The van der Waals surface area contributed by atoms with Crippen LogP contribution in [0.15, 0.2) is 24.3 Å². The van der Waals surface area contributed by atoms with Gasteiger partial charge in [-0.3, -0.25) is 0 Å². The molecular formula is C10H13NS. The van der Waals surface area contributed by atoms with Gasteiger partial charge < -0.3 is 4.31 Å². The van der Waals surface area contributed by atoms with Crippen LogP contribution in [-0.2, 0) is 6.42 Å². The van der Waals surface area contributed by atoms with Crippen molar-refractivity contribution in [1.82, 2.24) is 0 Å². The Morgan fingerprint density at radius 3 is 3.00 bits per heavy atom. The summed E-state index contributed by atoms with van der Waals surface area (Å²) in [5.41, 5.74) is 2.91. The van der Waals surface area contributed by atoms with E-state index in [1.54, 1.807) is 0 Å². The summed E-state index contributed by atoms with van der Waals surface area (Å²) in [6, 6.07) is 8.69. The van der Waals surface area contributed by atoms with Crippen molar-refractivity contribution in [3.05, 3.63) is 29.8 Å². The number of nitrogens with zero attached hydrogens (tertiary/aromatic N) is 1. The second-order valence-corrected chi connectivity index (χ2v) is 3.82. The normalized spacial score (nSPS) is 15.9. The molecule has 2 heteroatoms. The Hall–Kier alpha value is -0.630. The molecule has 12 heavy (non-hydrogen) atoms. The van der Waals surface area contributed by atoms with Crippen LogP contribution in [0.25, 0.3) is 0 Å². The standard InChI is InChI=1S/C10H13NS/c1-12-11-8-4-6-9-5-2-3-7-10(9)11/h2-3,5,7H,4,6,8H2,1H3. The van der Waals surface area contributed by atoms with Crippen molar-refractivity contribution in [2.45, 2.75) is 12.8 Å². The van der Waals surface area contributed by atoms with Crippen molar-refractivity contribution >= 4 is 17.6 Å². The van der Waals surface area contributed by atoms with Crippen LogP contribution in [-0.4, -0.2) is 12.8 Å². The molecule has 0 radical (unpaired) electrons. The van der Waals surface area contributed by atoms with Gasteiger partial charge in [0, 0.05) is 12.8 Å². The Balaban J connectivity index is 2.37. The Bertz CT molecular complexity index is 272. The van der Waals surface area contributed by atoms with Crippen LogP contribution in [0.5, 0.6) is 0 Å². The zero-order chi connectivity index (χ0) is 8.39. The summed E-state index contributed by atoms with van der Waals surface area (Å²) in [5.74, 6) is 0. The molecule has 0 amide bonds. The van der Waals surface area contributed by atoms with E-state index in [1.807, 2.05) is 11.9 Å². The minimum Gasteiger partial charge on any atom is -0.316 e. The van der Waals surface area contributed by atoms with E-state index in [-0.39, 0.29) is 0 Å². The van der Waals surface area contributed by atoms with E-state index in [1.165, 1.54) is 30.6 Å². The van der Waals surface area contributed by atoms with Crippen LogP contribution >= 0.6 is 11.9 Å². The average Bonchev–Trinajstić information content (AvgIpc) is 2.17. The first-order valence-electron chi connectivity index (χ1n) is 4.31. The van der Waals surface area contributed by atoms with E-state index in [2.05, 4.69) is 34.8 Å². The number of benzene rings is 1. The van der Waals surface area contributed by atoms with Crippen LogP contribution in [0.2, 0.25) is 0 Å². The summed E-state index contributed by atoms with van der Waals surface area (Å²) in [7, 11) is 0. The highest BCUT2D eigenvalue weighted by molar-refractivity contribution is 7.99. The quantitative estimate of drug-likeness (QED) is 0.610. The largest absolute Gasteiger partial charge is 0.316 e. The summed E-state index contributed by atoms with van der Waals surface area (Å²) in [4.78, 5) is 0. The van der Waals surface area contributed by atoms with Crippen LogP contribution in [0.3, 0.4) is 0 Å². The molecule has 0 N–H and O–H groups in total. The molecule has 1 aromatic carbocycles. The maximum absolute atomic E-state index is 2.37. The van der Waals surface area contributed by atoms with Crippen LogP contribution in [0, 0.1) is 0 Å². The molecule has 0 atom stereocenters. The molecule has 0 unspecified atom stereocenters. The number of fused-ring (bicyclic) bond motifs is 1. The van der Waals surface area contributed by atoms with Crippen molar-refractivity contribution < 1.29 is 0 Å². The van der Waals surface area contributed by atoms with Crippen molar-refractivity contribution in [2.24, 2.45) is 0 Å². The highest BCUT2D eigenvalue weighted by atomic mass is 32.2. The smallest absolute Gasteiger partial charge is 0.0501 e. The number of aryl methyl sites for hydroxylation is 1. The molecule has 0 saturated heterocycles. The maximum atomic E-state index is 2.37. The zero-order valence-electron chi connectivity index (χ0n) is 7.29. The molecule has 0 bridgehead atoms. The molecule has 0 fully saturated rings. The van der Waals surface area contributed by atoms with Gasteiger partial charge in [0.1, 0.15) is 0 Å². The molecule has 64 valence electrons. The molecule has 0 saturated carbocycles. The van der Waals surface area contributed by atoms with Crippen molar-refractivity contribution in [2.75, 3.05) is 17.1 Å². The van der Waals surface area contributed by atoms with Crippen molar-refractivity contribution in [3.63, 3.8) is 0 Å². The molecule has 1 aliphatic heterocycles. The summed E-state index contributed by atoms with van der Waals surface area (Å²) >= 11 is 1.82. The second kappa shape index (κ2) is 3.40. The monoisotopic (exact) mass is 179 g/mol. The number of hydrogen-bond acceptors (Lipinski definition) is 2. The lowest BCUT2D eigenvalue weighted by molar-refractivity contribution is 0.796. The predicted octanol–water partition coefficient (Wildman–Crippen LogP) is 2.72. The molecule has 1 aliphatic rings. The van der Waals surface area contributed by atoms with Gasteiger partial charge in [0.25, 0.3) is 0 Å².